The van der Waals surface area contributed by atoms with Crippen molar-refractivity contribution in [3.8, 4) is 5.75 Å². The summed E-state index contributed by atoms with van der Waals surface area (Å²) in [4.78, 5) is 11.0. The van der Waals surface area contributed by atoms with E-state index in [1.807, 2.05) is 0 Å². The summed E-state index contributed by atoms with van der Waals surface area (Å²) in [5.41, 5.74) is 0. The van der Waals surface area contributed by atoms with Gasteiger partial charge in [0.1, 0.15) is 5.82 Å². The van der Waals surface area contributed by atoms with Gasteiger partial charge in [-0.15, -0.1) is 11.3 Å². The second kappa shape index (κ2) is 3.51. The zero-order valence-electron chi connectivity index (χ0n) is 7.78. The van der Waals surface area contributed by atoms with E-state index in [9.17, 15) is 9.18 Å². The standard InChI is InChI=1S/C10H7FO3S/c1-14-8-6-4-5(11)2-3-7(6)15-9(8)10(12)13/h2-4H,1H3,(H,12,13). The summed E-state index contributed by atoms with van der Waals surface area (Å²) >= 11 is 1.07. The Morgan fingerprint density at radius 3 is 2.87 bits per heavy atom. The fourth-order valence-electron chi connectivity index (χ4n) is 1.39. The molecule has 1 N–H and O–H groups in total. The van der Waals surface area contributed by atoms with E-state index in [0.717, 1.165) is 11.3 Å². The highest BCUT2D eigenvalue weighted by molar-refractivity contribution is 7.21. The highest BCUT2D eigenvalue weighted by Crippen LogP contribution is 2.37. The number of fused-ring (bicyclic) bond motifs is 1. The molecule has 0 amide bonds. The average molecular weight is 226 g/mol. The lowest BCUT2D eigenvalue weighted by molar-refractivity contribution is 0.0699. The number of aromatic carboxylic acids is 1. The molecule has 0 atom stereocenters. The van der Waals surface area contributed by atoms with E-state index in [4.69, 9.17) is 9.84 Å². The Hall–Kier alpha value is -1.62. The average Bonchev–Trinajstić information content (AvgIpc) is 2.55. The van der Waals surface area contributed by atoms with Crippen molar-refractivity contribution in [2.45, 2.75) is 0 Å². The summed E-state index contributed by atoms with van der Waals surface area (Å²) in [6.45, 7) is 0. The maximum absolute atomic E-state index is 13.0. The second-order valence-corrected chi connectivity index (χ2v) is 3.96. The van der Waals surface area contributed by atoms with Crippen LogP contribution in [0.25, 0.3) is 10.1 Å². The zero-order valence-corrected chi connectivity index (χ0v) is 8.60. The van der Waals surface area contributed by atoms with Gasteiger partial charge in [0.05, 0.1) is 7.11 Å². The topological polar surface area (TPSA) is 46.5 Å². The van der Waals surface area contributed by atoms with Crippen molar-refractivity contribution >= 4 is 27.4 Å². The number of ether oxygens (including phenoxy) is 1. The van der Waals surface area contributed by atoms with Crippen molar-refractivity contribution in [3.05, 3.63) is 28.9 Å². The summed E-state index contributed by atoms with van der Waals surface area (Å²) < 4.78 is 18.6. The van der Waals surface area contributed by atoms with Crippen LogP contribution in [-0.2, 0) is 0 Å². The maximum atomic E-state index is 13.0. The van der Waals surface area contributed by atoms with Gasteiger partial charge in [-0.3, -0.25) is 0 Å². The van der Waals surface area contributed by atoms with Gasteiger partial charge in [0, 0.05) is 10.1 Å². The van der Waals surface area contributed by atoms with Gasteiger partial charge in [-0.1, -0.05) is 0 Å². The fourth-order valence-corrected chi connectivity index (χ4v) is 2.38. The van der Waals surface area contributed by atoms with E-state index in [1.54, 1.807) is 6.07 Å². The fraction of sp³-hybridized carbons (Fsp3) is 0.100. The minimum absolute atomic E-state index is 0.0955. The minimum Gasteiger partial charge on any atom is -0.494 e. The molecule has 2 aromatic rings. The number of rotatable bonds is 2. The summed E-state index contributed by atoms with van der Waals surface area (Å²) in [7, 11) is 1.37. The van der Waals surface area contributed by atoms with Crippen LogP contribution in [0.5, 0.6) is 5.75 Å². The smallest absolute Gasteiger partial charge is 0.349 e. The summed E-state index contributed by atoms with van der Waals surface area (Å²) in [6.07, 6.45) is 0. The van der Waals surface area contributed by atoms with Gasteiger partial charge in [0.25, 0.3) is 0 Å². The van der Waals surface area contributed by atoms with Crippen LogP contribution in [0.4, 0.5) is 4.39 Å². The Balaban J connectivity index is 2.79. The number of methoxy groups -OCH3 is 1. The molecule has 3 nitrogen and oxygen atoms in total. The molecule has 0 bridgehead atoms. The molecule has 0 unspecified atom stereocenters. The van der Waals surface area contributed by atoms with Gasteiger partial charge >= 0.3 is 5.97 Å². The van der Waals surface area contributed by atoms with Crippen LogP contribution < -0.4 is 4.74 Å². The van der Waals surface area contributed by atoms with Crippen molar-refractivity contribution in [3.63, 3.8) is 0 Å². The molecule has 5 heteroatoms. The zero-order chi connectivity index (χ0) is 11.0. The van der Waals surface area contributed by atoms with E-state index in [2.05, 4.69) is 0 Å². The molecule has 0 aliphatic carbocycles. The van der Waals surface area contributed by atoms with Crippen molar-refractivity contribution in [1.29, 1.82) is 0 Å². The van der Waals surface area contributed by atoms with Crippen LogP contribution in [-0.4, -0.2) is 18.2 Å². The molecule has 15 heavy (non-hydrogen) atoms. The molecule has 1 heterocycles. The second-order valence-electron chi connectivity index (χ2n) is 2.91. The number of benzene rings is 1. The van der Waals surface area contributed by atoms with Crippen LogP contribution in [0.3, 0.4) is 0 Å². The van der Waals surface area contributed by atoms with Crippen LogP contribution in [0.1, 0.15) is 9.67 Å². The Bertz CT molecular complexity index is 533. The van der Waals surface area contributed by atoms with Gasteiger partial charge < -0.3 is 9.84 Å². The first-order valence-electron chi connectivity index (χ1n) is 4.13. The molecular formula is C10H7FO3S. The van der Waals surface area contributed by atoms with E-state index in [-0.39, 0.29) is 10.6 Å². The van der Waals surface area contributed by atoms with Gasteiger partial charge in [-0.2, -0.15) is 0 Å². The highest BCUT2D eigenvalue weighted by Gasteiger charge is 2.18. The lowest BCUT2D eigenvalue weighted by atomic mass is 10.2. The predicted molar refractivity (Wildman–Crippen MR) is 55.3 cm³/mol. The molecule has 0 saturated heterocycles. The molecule has 0 saturated carbocycles. The first kappa shape index (κ1) is 9.92. The lowest BCUT2D eigenvalue weighted by Gasteiger charge is -1.98. The lowest BCUT2D eigenvalue weighted by Crippen LogP contribution is -1.95. The molecule has 1 aromatic carbocycles. The maximum Gasteiger partial charge on any atom is 0.349 e. The van der Waals surface area contributed by atoms with Gasteiger partial charge in [-0.25, -0.2) is 9.18 Å². The Kier molecular flexibility index (Phi) is 2.32. The Labute approximate surface area is 88.7 Å². The molecule has 2 rings (SSSR count). The molecule has 0 aliphatic rings. The third-order valence-electron chi connectivity index (χ3n) is 2.00. The first-order valence-corrected chi connectivity index (χ1v) is 4.94. The van der Waals surface area contributed by atoms with Crippen molar-refractivity contribution in [2.24, 2.45) is 0 Å². The molecule has 1 aromatic heterocycles. The SMILES string of the molecule is COc1c(C(=O)O)sc2ccc(F)cc12. The molecule has 0 fully saturated rings. The van der Waals surface area contributed by atoms with Crippen molar-refractivity contribution in [2.75, 3.05) is 7.11 Å². The Morgan fingerprint density at radius 1 is 1.53 bits per heavy atom. The van der Waals surface area contributed by atoms with Crippen molar-refractivity contribution in [1.82, 2.24) is 0 Å². The van der Waals surface area contributed by atoms with Gasteiger partial charge in [-0.05, 0) is 18.2 Å². The number of carboxylic acids is 1. The van der Waals surface area contributed by atoms with Crippen LogP contribution in [0.2, 0.25) is 0 Å². The van der Waals surface area contributed by atoms with Gasteiger partial charge in [0.2, 0.25) is 0 Å². The number of hydrogen-bond acceptors (Lipinski definition) is 3. The van der Waals surface area contributed by atoms with Crippen LogP contribution >= 0.6 is 11.3 Å². The number of halogens is 1. The normalized spacial score (nSPS) is 10.5. The summed E-state index contributed by atoms with van der Waals surface area (Å²) in [5.74, 6) is -1.24. The molecular weight excluding hydrogens is 219 g/mol. The van der Waals surface area contributed by atoms with E-state index >= 15 is 0 Å². The molecule has 0 aliphatic heterocycles. The van der Waals surface area contributed by atoms with E-state index < -0.39 is 11.8 Å². The minimum atomic E-state index is -1.06. The van der Waals surface area contributed by atoms with Crippen LogP contribution in [0.15, 0.2) is 18.2 Å². The number of thiophene rings is 1. The third kappa shape index (κ3) is 1.55. The van der Waals surface area contributed by atoms with E-state index in [1.165, 1.54) is 19.2 Å². The largest absolute Gasteiger partial charge is 0.494 e. The number of carboxylic acid groups (broad SMARTS) is 1. The summed E-state index contributed by atoms with van der Waals surface area (Å²) in [6, 6.07) is 4.12. The quantitative estimate of drug-likeness (QED) is 0.856. The molecule has 0 radical (unpaired) electrons. The Morgan fingerprint density at radius 2 is 2.27 bits per heavy atom. The number of hydrogen-bond donors (Lipinski definition) is 1. The first-order chi connectivity index (χ1) is 7.13. The highest BCUT2D eigenvalue weighted by atomic mass is 32.1. The summed E-state index contributed by atoms with van der Waals surface area (Å²) in [5, 5.41) is 9.40. The van der Waals surface area contributed by atoms with E-state index in [0.29, 0.717) is 10.1 Å². The molecule has 78 valence electrons. The van der Waals surface area contributed by atoms with Gasteiger partial charge in [0.15, 0.2) is 10.6 Å². The monoisotopic (exact) mass is 226 g/mol. The van der Waals surface area contributed by atoms with Crippen LogP contribution in [0, 0.1) is 5.82 Å². The van der Waals surface area contributed by atoms with Crippen molar-refractivity contribution < 1.29 is 19.0 Å². The number of carbonyl (C=O) groups is 1. The molecule has 0 spiro atoms. The third-order valence-corrected chi connectivity index (χ3v) is 3.14. The predicted octanol–water partition coefficient (Wildman–Crippen LogP) is 2.75.